The number of hydrogen-bond acceptors (Lipinski definition) is 1. The van der Waals surface area contributed by atoms with Crippen molar-refractivity contribution >= 4 is 0 Å². The van der Waals surface area contributed by atoms with E-state index in [2.05, 4.69) is 16.6 Å². The molecule has 0 heterocycles. The van der Waals surface area contributed by atoms with Crippen molar-refractivity contribution in [2.24, 2.45) is 0 Å². The molecular weight excluding hydrogens is 478 g/mol. The lowest BCUT2D eigenvalue weighted by molar-refractivity contribution is -0.274. The summed E-state index contributed by atoms with van der Waals surface area (Å²) in [6, 6.07) is 10.8. The normalized spacial score (nSPS) is 15.1. The Morgan fingerprint density at radius 1 is 0.889 bits per heavy atom. The highest BCUT2D eigenvalue weighted by Crippen LogP contribution is 2.36. The molecule has 4 rings (SSSR count). The van der Waals surface area contributed by atoms with Crippen LogP contribution in [0.4, 0.5) is 26.3 Å². The molecule has 3 aromatic rings. The van der Waals surface area contributed by atoms with E-state index in [0.717, 1.165) is 30.5 Å². The zero-order valence-corrected chi connectivity index (χ0v) is 19.6. The molecule has 0 saturated carbocycles. The van der Waals surface area contributed by atoms with E-state index in [4.69, 9.17) is 0 Å². The highest BCUT2D eigenvalue weighted by atomic mass is 19.4. The molecular formula is C29H24F6O. The van der Waals surface area contributed by atoms with Gasteiger partial charge in [0.15, 0.2) is 0 Å². The van der Waals surface area contributed by atoms with Crippen LogP contribution in [0.15, 0.2) is 48.5 Å². The topological polar surface area (TPSA) is 9.23 Å². The van der Waals surface area contributed by atoms with Crippen LogP contribution in [0.2, 0.25) is 0 Å². The predicted molar refractivity (Wildman–Crippen MR) is 125 cm³/mol. The number of rotatable bonds is 5. The van der Waals surface area contributed by atoms with Crippen LogP contribution in [0.25, 0.3) is 0 Å². The zero-order chi connectivity index (χ0) is 25.9. The number of aryl methyl sites for hydroxylation is 2. The third kappa shape index (κ3) is 6.23. The van der Waals surface area contributed by atoms with Gasteiger partial charge < -0.3 is 4.74 Å². The van der Waals surface area contributed by atoms with Crippen LogP contribution in [0.5, 0.6) is 5.75 Å². The Balaban J connectivity index is 1.51. The van der Waals surface area contributed by atoms with E-state index in [1.165, 1.54) is 30.3 Å². The largest absolute Gasteiger partial charge is 0.573 e. The molecule has 0 radical (unpaired) electrons. The fourth-order valence-electron chi connectivity index (χ4n) is 4.55. The van der Waals surface area contributed by atoms with Crippen LogP contribution in [0, 0.1) is 29.3 Å². The first-order valence-electron chi connectivity index (χ1n) is 11.8. The Hall–Kier alpha value is -3.40. The Morgan fingerprint density at radius 2 is 1.58 bits per heavy atom. The summed E-state index contributed by atoms with van der Waals surface area (Å²) in [7, 11) is 0. The maximum atomic E-state index is 14.8. The Labute approximate surface area is 206 Å². The summed E-state index contributed by atoms with van der Waals surface area (Å²) in [4.78, 5) is 0. The lowest BCUT2D eigenvalue weighted by atomic mass is 9.79. The van der Waals surface area contributed by atoms with Gasteiger partial charge in [0.1, 0.15) is 23.2 Å². The van der Waals surface area contributed by atoms with Crippen molar-refractivity contribution in [2.75, 3.05) is 0 Å². The fraction of sp³-hybridized carbons (Fsp3) is 0.310. The second kappa shape index (κ2) is 10.7. The van der Waals surface area contributed by atoms with Gasteiger partial charge in [-0.05, 0) is 103 Å². The van der Waals surface area contributed by atoms with Gasteiger partial charge in [0, 0.05) is 11.1 Å². The molecule has 7 heteroatoms. The first kappa shape index (κ1) is 25.7. The van der Waals surface area contributed by atoms with Crippen molar-refractivity contribution in [3.05, 3.63) is 99.4 Å². The van der Waals surface area contributed by atoms with Gasteiger partial charge in [-0.3, -0.25) is 0 Å². The quantitative estimate of drug-likeness (QED) is 0.254. The summed E-state index contributed by atoms with van der Waals surface area (Å²) in [6.45, 7) is 2.02. The zero-order valence-electron chi connectivity index (χ0n) is 19.6. The van der Waals surface area contributed by atoms with Crippen molar-refractivity contribution < 1.29 is 31.1 Å². The van der Waals surface area contributed by atoms with Gasteiger partial charge in [-0.2, -0.15) is 0 Å². The van der Waals surface area contributed by atoms with Gasteiger partial charge >= 0.3 is 6.36 Å². The van der Waals surface area contributed by atoms with E-state index in [9.17, 15) is 26.3 Å². The monoisotopic (exact) mass is 502 g/mol. The minimum absolute atomic E-state index is 0.0584. The molecule has 0 spiro atoms. The molecule has 188 valence electrons. The summed E-state index contributed by atoms with van der Waals surface area (Å²) in [5, 5.41) is 0. The number of benzene rings is 3. The van der Waals surface area contributed by atoms with Gasteiger partial charge in [-0.1, -0.05) is 25.2 Å². The number of unbranched alkanes of at least 4 members (excludes halogenated alkanes) is 1. The molecule has 0 aromatic heterocycles. The van der Waals surface area contributed by atoms with E-state index in [1.54, 1.807) is 6.07 Å². The van der Waals surface area contributed by atoms with Crippen molar-refractivity contribution in [1.82, 2.24) is 0 Å². The molecule has 0 aliphatic heterocycles. The Morgan fingerprint density at radius 3 is 2.22 bits per heavy atom. The number of fused-ring (bicyclic) bond motifs is 1. The van der Waals surface area contributed by atoms with Gasteiger partial charge in [0.25, 0.3) is 0 Å². The second-order valence-electron chi connectivity index (χ2n) is 8.94. The molecule has 1 aliphatic rings. The smallest absolute Gasteiger partial charge is 0.406 e. The summed E-state index contributed by atoms with van der Waals surface area (Å²) in [5.41, 5.74) is 2.81. The average Bonchev–Trinajstić information content (AvgIpc) is 2.81. The van der Waals surface area contributed by atoms with Gasteiger partial charge in [-0.15, -0.1) is 13.2 Å². The minimum atomic E-state index is -4.78. The fourth-order valence-corrected chi connectivity index (χ4v) is 4.55. The van der Waals surface area contributed by atoms with Gasteiger partial charge in [0.2, 0.25) is 0 Å². The molecule has 1 unspecified atom stereocenters. The molecule has 1 aliphatic carbocycles. The maximum Gasteiger partial charge on any atom is 0.573 e. The lowest BCUT2D eigenvalue weighted by Crippen LogP contribution is -2.17. The summed E-state index contributed by atoms with van der Waals surface area (Å²) >= 11 is 0. The molecule has 0 saturated heterocycles. The first-order valence-corrected chi connectivity index (χ1v) is 11.8. The predicted octanol–water partition coefficient (Wildman–Crippen LogP) is 8.02. The summed E-state index contributed by atoms with van der Waals surface area (Å²) in [6.07, 6.45) is -0.998. The molecule has 0 fully saturated rings. The molecule has 36 heavy (non-hydrogen) atoms. The van der Waals surface area contributed by atoms with Crippen LogP contribution in [-0.2, 0) is 19.3 Å². The summed E-state index contributed by atoms with van der Waals surface area (Å²) < 4.78 is 85.1. The van der Waals surface area contributed by atoms with Gasteiger partial charge in [0.05, 0.1) is 5.56 Å². The Bertz CT molecular complexity index is 1280. The minimum Gasteiger partial charge on any atom is -0.406 e. The van der Waals surface area contributed by atoms with Crippen molar-refractivity contribution in [2.45, 2.75) is 57.7 Å². The van der Waals surface area contributed by atoms with Crippen LogP contribution in [0.1, 0.15) is 65.5 Å². The third-order valence-electron chi connectivity index (χ3n) is 6.31. The van der Waals surface area contributed by atoms with E-state index < -0.39 is 23.8 Å². The van der Waals surface area contributed by atoms with Crippen LogP contribution < -0.4 is 4.74 Å². The van der Waals surface area contributed by atoms with E-state index in [0.29, 0.717) is 42.4 Å². The van der Waals surface area contributed by atoms with Crippen molar-refractivity contribution in [1.29, 1.82) is 0 Å². The van der Waals surface area contributed by atoms with E-state index >= 15 is 0 Å². The second-order valence-corrected chi connectivity index (χ2v) is 8.94. The van der Waals surface area contributed by atoms with Crippen LogP contribution >= 0.6 is 0 Å². The SMILES string of the molecule is CCCCc1cc(F)c(C2CCc3cc(C#Cc4ccc(OC(F)(F)F)cc4)c(F)cc3C2)c(F)c1. The molecule has 3 aromatic carbocycles. The maximum absolute atomic E-state index is 14.8. The third-order valence-corrected chi connectivity index (χ3v) is 6.31. The number of ether oxygens (including phenoxy) is 1. The molecule has 0 N–H and O–H groups in total. The standard InChI is InChI=1S/C29H24F6O/c1-2-3-4-19-13-26(31)28(27(32)14-19)22-10-9-20-15-21(25(30)17-23(20)16-22)8-5-18-6-11-24(12-7-18)36-29(33,34)35/h6-7,11-15,17,22H,2-4,9-10,16H2,1H3. The number of hydrogen-bond donors (Lipinski definition) is 0. The van der Waals surface area contributed by atoms with Crippen molar-refractivity contribution in [3.8, 4) is 17.6 Å². The highest BCUT2D eigenvalue weighted by molar-refractivity contribution is 5.48. The van der Waals surface area contributed by atoms with Gasteiger partial charge in [-0.25, -0.2) is 13.2 Å². The van der Waals surface area contributed by atoms with Crippen LogP contribution in [0.3, 0.4) is 0 Å². The van der Waals surface area contributed by atoms with E-state index in [1.807, 2.05) is 6.92 Å². The first-order chi connectivity index (χ1) is 17.1. The molecule has 0 bridgehead atoms. The van der Waals surface area contributed by atoms with E-state index in [-0.39, 0.29) is 22.8 Å². The highest BCUT2D eigenvalue weighted by Gasteiger charge is 2.31. The van der Waals surface area contributed by atoms with Crippen LogP contribution in [-0.4, -0.2) is 6.36 Å². The molecule has 1 atom stereocenters. The van der Waals surface area contributed by atoms with Crippen molar-refractivity contribution in [3.63, 3.8) is 0 Å². The lowest BCUT2D eigenvalue weighted by Gasteiger charge is -2.26. The summed E-state index contributed by atoms with van der Waals surface area (Å²) in [5.74, 6) is 3.05. The number of halogens is 6. The number of alkyl halides is 3. The average molecular weight is 502 g/mol. The molecule has 1 nitrogen and oxygen atoms in total. The Kier molecular flexibility index (Phi) is 7.63. The molecule has 0 amide bonds.